The van der Waals surface area contributed by atoms with Gasteiger partial charge in [-0.2, -0.15) is 35.5 Å². The highest BCUT2D eigenvalue weighted by Crippen LogP contribution is 2.31. The summed E-state index contributed by atoms with van der Waals surface area (Å²) in [6, 6.07) is 3.60. The van der Waals surface area contributed by atoms with Gasteiger partial charge in [0.1, 0.15) is 11.9 Å². The third-order valence-corrected chi connectivity index (χ3v) is 8.45. The number of carbonyl (C=O) groups is 2. The molecule has 3 heterocycles. The highest BCUT2D eigenvalue weighted by Gasteiger charge is 2.43. The minimum absolute atomic E-state index is 0. The van der Waals surface area contributed by atoms with E-state index < -0.39 is 39.9 Å². The Hall–Kier alpha value is -2.07. The van der Waals surface area contributed by atoms with E-state index in [0.29, 0.717) is 12.5 Å². The van der Waals surface area contributed by atoms with Gasteiger partial charge >= 0.3 is 6.18 Å². The second-order valence-electron chi connectivity index (χ2n) is 9.14. The monoisotopic (exact) mass is 693 g/mol. The molecule has 0 aliphatic carbocycles. The van der Waals surface area contributed by atoms with Crippen molar-refractivity contribution in [2.24, 2.45) is 5.92 Å². The number of hydrogen-bond acceptors (Lipinski definition) is 6. The van der Waals surface area contributed by atoms with E-state index in [9.17, 15) is 35.6 Å². The average Bonchev–Trinajstić information content (AvgIpc) is 3.38. The third kappa shape index (κ3) is 8.22. The van der Waals surface area contributed by atoms with Gasteiger partial charge in [0.2, 0.25) is 6.41 Å². The molecule has 2 atom stereocenters. The van der Waals surface area contributed by atoms with Crippen LogP contribution in [0.25, 0.3) is 0 Å². The molecule has 0 spiro atoms. The number of benzene rings is 1. The second-order valence-corrected chi connectivity index (χ2v) is 11.1. The fraction of sp³-hybridized carbons (Fsp3) is 0.609. The third-order valence-electron chi connectivity index (χ3n) is 6.52. The van der Waals surface area contributed by atoms with Crippen LogP contribution in [0.1, 0.15) is 38.4 Å². The summed E-state index contributed by atoms with van der Waals surface area (Å²) in [5.74, 6) is -1.33. The van der Waals surface area contributed by atoms with Gasteiger partial charge in [0.25, 0.3) is 16.1 Å². The number of rotatable bonds is 6. The molecular formula is C23H32F4IN5O5S. The Morgan fingerprint density at radius 1 is 1.21 bits per heavy atom. The van der Waals surface area contributed by atoms with Crippen LogP contribution < -0.4 is 5.32 Å². The molecule has 16 heteroatoms. The van der Waals surface area contributed by atoms with E-state index in [2.05, 4.69) is 11.4 Å². The molecular weight excluding hydrogens is 661 g/mol. The highest BCUT2D eigenvalue weighted by atomic mass is 127. The van der Waals surface area contributed by atoms with Crippen LogP contribution in [0, 0.1) is 23.1 Å². The Morgan fingerprint density at radius 3 is 2.38 bits per heavy atom. The molecule has 1 N–H and O–H groups in total. The van der Waals surface area contributed by atoms with Crippen LogP contribution in [0.3, 0.4) is 0 Å². The van der Waals surface area contributed by atoms with E-state index in [1.54, 1.807) is 4.90 Å². The molecule has 0 aromatic heterocycles. The number of morpholine rings is 1. The molecule has 1 aromatic carbocycles. The van der Waals surface area contributed by atoms with Crippen molar-refractivity contribution in [1.82, 2.24) is 18.8 Å². The van der Waals surface area contributed by atoms with Gasteiger partial charge < -0.3 is 15.0 Å². The topological polar surface area (TPSA) is 123 Å². The molecule has 4 rings (SSSR count). The Labute approximate surface area is 242 Å². The molecule has 1 aromatic rings. The SMILES string of the molecule is C[C@@H](NC=O)c1ccc(C(F)(F)F)cc1F.I.N#CC1CN(S(=O)(=O)N2CCO[C@H](C(=O)N3CCCC3)C2)C1.[HH]. The smallest absolute Gasteiger partial charge is 0.366 e. The van der Waals surface area contributed by atoms with Gasteiger partial charge in [0.15, 0.2) is 0 Å². The minimum atomic E-state index is -4.57. The zero-order chi connectivity index (χ0) is 28.1. The summed E-state index contributed by atoms with van der Waals surface area (Å²) in [5.41, 5.74) is -1.04. The maximum absolute atomic E-state index is 13.3. The van der Waals surface area contributed by atoms with E-state index in [0.717, 1.165) is 38.1 Å². The van der Waals surface area contributed by atoms with Crippen LogP contribution in [0.2, 0.25) is 0 Å². The number of amides is 2. The van der Waals surface area contributed by atoms with Crippen LogP contribution >= 0.6 is 24.0 Å². The summed E-state index contributed by atoms with van der Waals surface area (Å²) >= 11 is 0. The molecule has 0 radical (unpaired) electrons. The molecule has 2 amide bonds. The Morgan fingerprint density at radius 2 is 1.85 bits per heavy atom. The van der Waals surface area contributed by atoms with Gasteiger partial charge in [0.05, 0.1) is 36.7 Å². The molecule has 3 saturated heterocycles. The van der Waals surface area contributed by atoms with E-state index in [1.165, 1.54) is 15.5 Å². The number of alkyl halides is 3. The van der Waals surface area contributed by atoms with Gasteiger partial charge in [0, 0.05) is 39.7 Å². The summed E-state index contributed by atoms with van der Waals surface area (Å²) in [6.45, 7) is 3.93. The summed E-state index contributed by atoms with van der Waals surface area (Å²) in [6.07, 6.45) is -2.94. The predicted octanol–water partition coefficient (Wildman–Crippen LogP) is 2.53. The van der Waals surface area contributed by atoms with Crippen LogP contribution in [0.15, 0.2) is 18.2 Å². The summed E-state index contributed by atoms with van der Waals surface area (Å²) in [4.78, 5) is 24.2. The van der Waals surface area contributed by atoms with E-state index >= 15 is 0 Å². The van der Waals surface area contributed by atoms with E-state index in [-0.39, 0.29) is 75.6 Å². The second kappa shape index (κ2) is 14.0. The normalized spacial score (nSPS) is 21.4. The maximum atomic E-state index is 13.3. The molecule has 0 bridgehead atoms. The number of nitrogens with one attached hydrogen (secondary N) is 1. The number of halogens is 5. The zero-order valence-electron chi connectivity index (χ0n) is 21.1. The first-order valence-electron chi connectivity index (χ1n) is 12.0. The van der Waals surface area contributed by atoms with Crippen molar-refractivity contribution in [1.29, 1.82) is 5.26 Å². The number of nitriles is 1. The fourth-order valence-corrected chi connectivity index (χ4v) is 5.94. The molecule has 0 saturated carbocycles. The first-order chi connectivity index (χ1) is 17.9. The standard InChI is InChI=1S/C13H20N4O4S.C10H9F4NO.HI.H2/c14-7-11-8-17(9-11)22(19,20)16-5-6-21-12(10-16)13(18)15-3-1-2-4-15;1-6(15-5-16)8-3-2-7(4-9(8)11)10(12,13)14;;/h11-12H,1-6,8-10H2;2-6H,1H3,(H,15,16);2*1H/t12-;6-;;/m01../s1. The molecule has 3 aliphatic heterocycles. The molecule has 10 nitrogen and oxygen atoms in total. The Balaban J connectivity index is 0.000000400. The number of likely N-dealkylation sites (tertiary alicyclic amines) is 1. The first-order valence-corrected chi connectivity index (χ1v) is 13.4. The summed E-state index contributed by atoms with van der Waals surface area (Å²) in [5, 5.41) is 11.0. The van der Waals surface area contributed by atoms with Gasteiger partial charge in [-0.25, -0.2) is 4.39 Å². The molecule has 220 valence electrons. The lowest BCUT2D eigenvalue weighted by molar-refractivity contribution is -0.146. The van der Waals surface area contributed by atoms with Gasteiger partial charge in [-0.15, -0.1) is 24.0 Å². The van der Waals surface area contributed by atoms with Gasteiger partial charge in [-0.05, 0) is 31.9 Å². The van der Waals surface area contributed by atoms with Crippen molar-refractivity contribution in [3.63, 3.8) is 0 Å². The molecule has 3 aliphatic rings. The maximum Gasteiger partial charge on any atom is 0.416 e. The van der Waals surface area contributed by atoms with E-state index in [4.69, 9.17) is 10.00 Å². The molecule has 3 fully saturated rings. The van der Waals surface area contributed by atoms with Gasteiger partial charge in [-0.3, -0.25) is 9.59 Å². The molecule has 0 unspecified atom stereocenters. The van der Waals surface area contributed by atoms with Gasteiger partial charge in [-0.1, -0.05) is 6.07 Å². The van der Waals surface area contributed by atoms with Crippen molar-refractivity contribution in [2.45, 2.75) is 38.1 Å². The summed E-state index contributed by atoms with van der Waals surface area (Å²) in [7, 11) is -3.59. The number of nitrogens with zero attached hydrogens (tertiary/aromatic N) is 4. The average molecular weight is 694 g/mol. The van der Waals surface area contributed by atoms with Crippen LogP contribution in [-0.4, -0.2) is 86.2 Å². The Bertz CT molecular complexity index is 1160. The number of ether oxygens (including phenoxy) is 1. The van der Waals surface area contributed by atoms with Crippen LogP contribution in [-0.2, 0) is 30.7 Å². The fourth-order valence-electron chi connectivity index (χ4n) is 4.24. The van der Waals surface area contributed by atoms with Crippen molar-refractivity contribution in [3.8, 4) is 6.07 Å². The number of carbonyl (C=O) groups excluding carboxylic acids is 2. The van der Waals surface area contributed by atoms with Crippen molar-refractivity contribution in [3.05, 3.63) is 35.1 Å². The lowest BCUT2D eigenvalue weighted by atomic mass is 10.1. The highest BCUT2D eigenvalue weighted by molar-refractivity contribution is 14.0. The lowest BCUT2D eigenvalue weighted by Crippen LogP contribution is -2.59. The van der Waals surface area contributed by atoms with Crippen LogP contribution in [0.4, 0.5) is 17.6 Å². The summed E-state index contributed by atoms with van der Waals surface area (Å²) < 4.78 is 83.0. The minimum Gasteiger partial charge on any atom is -0.366 e. The number of hydrogen-bond donors (Lipinski definition) is 1. The lowest BCUT2D eigenvalue weighted by Gasteiger charge is -2.40. The predicted molar refractivity (Wildman–Crippen MR) is 143 cm³/mol. The van der Waals surface area contributed by atoms with Crippen molar-refractivity contribution < 1.29 is 41.7 Å². The largest absolute Gasteiger partial charge is 0.416 e. The first kappa shape index (κ1) is 33.1. The van der Waals surface area contributed by atoms with E-state index in [1.807, 2.05) is 0 Å². The Kier molecular flexibility index (Phi) is 11.9. The van der Waals surface area contributed by atoms with Crippen LogP contribution in [0.5, 0.6) is 0 Å². The van der Waals surface area contributed by atoms with Crippen molar-refractivity contribution >= 4 is 46.5 Å². The van der Waals surface area contributed by atoms with Crippen molar-refractivity contribution in [2.75, 3.05) is 45.9 Å². The zero-order valence-corrected chi connectivity index (χ0v) is 24.2. The quantitative estimate of drug-likeness (QED) is 0.278. The molecule has 39 heavy (non-hydrogen) atoms.